The van der Waals surface area contributed by atoms with Crippen molar-refractivity contribution in [1.82, 2.24) is 4.90 Å². The third-order valence-corrected chi connectivity index (χ3v) is 3.72. The van der Waals surface area contributed by atoms with Gasteiger partial charge in [-0.15, -0.1) is 0 Å². The highest BCUT2D eigenvalue weighted by Gasteiger charge is 2.23. The van der Waals surface area contributed by atoms with Crippen molar-refractivity contribution in [2.75, 3.05) is 18.8 Å². The molecule has 1 aliphatic rings. The fourth-order valence-electron chi connectivity index (χ4n) is 2.60. The number of likely N-dealkylation sites (tertiary alicyclic amines) is 1. The number of halogens is 1. The second-order valence-corrected chi connectivity index (χ2v) is 5.18. The molecule has 0 spiro atoms. The minimum Gasteiger partial charge on any atom is -0.399 e. The highest BCUT2D eigenvalue weighted by molar-refractivity contribution is 5.41. The summed E-state index contributed by atoms with van der Waals surface area (Å²) in [5, 5.41) is 0. The summed E-state index contributed by atoms with van der Waals surface area (Å²) in [4.78, 5) is 2.45. The molecule has 3 heteroatoms. The Morgan fingerprint density at radius 2 is 1.62 bits per heavy atom. The standard InChI is InChI=1S/C14H21FN2.2C2H6/c1-10(2)17-7-5-11(6-8-17)13-4-3-12(16)9-14(13)15;2*1-2/h3-4,9-11H,5-8,16H2,1-2H3;2*1-2H3. The van der Waals surface area contributed by atoms with Gasteiger partial charge < -0.3 is 10.6 Å². The number of nitrogen functional groups attached to an aromatic ring is 1. The second-order valence-electron chi connectivity index (χ2n) is 5.18. The Bertz CT molecular complexity index is 383. The van der Waals surface area contributed by atoms with E-state index in [0.29, 0.717) is 17.6 Å². The Kier molecular flexibility index (Phi) is 10.1. The molecule has 0 radical (unpaired) electrons. The van der Waals surface area contributed by atoms with Crippen molar-refractivity contribution in [3.8, 4) is 0 Å². The number of rotatable bonds is 2. The van der Waals surface area contributed by atoms with Crippen molar-refractivity contribution in [3.05, 3.63) is 29.6 Å². The average molecular weight is 296 g/mol. The number of anilines is 1. The maximum absolute atomic E-state index is 13.8. The zero-order valence-electron chi connectivity index (χ0n) is 14.6. The molecule has 1 aromatic rings. The van der Waals surface area contributed by atoms with Crippen LogP contribution in [0.1, 0.15) is 65.9 Å². The molecular weight excluding hydrogens is 263 g/mol. The molecule has 2 N–H and O–H groups in total. The third kappa shape index (κ3) is 6.04. The molecule has 1 heterocycles. The first-order chi connectivity index (χ1) is 10.1. The topological polar surface area (TPSA) is 29.3 Å². The zero-order valence-corrected chi connectivity index (χ0v) is 14.6. The highest BCUT2D eigenvalue weighted by atomic mass is 19.1. The molecule has 1 aromatic carbocycles. The van der Waals surface area contributed by atoms with E-state index in [2.05, 4.69) is 18.7 Å². The van der Waals surface area contributed by atoms with Gasteiger partial charge in [0.05, 0.1) is 0 Å². The van der Waals surface area contributed by atoms with Gasteiger partial charge in [0.1, 0.15) is 5.82 Å². The quantitative estimate of drug-likeness (QED) is 0.774. The third-order valence-electron chi connectivity index (χ3n) is 3.72. The summed E-state index contributed by atoms with van der Waals surface area (Å²) >= 11 is 0. The van der Waals surface area contributed by atoms with Crippen LogP contribution in [0.15, 0.2) is 18.2 Å². The Hall–Kier alpha value is -1.09. The molecule has 0 aromatic heterocycles. The maximum Gasteiger partial charge on any atom is 0.128 e. The number of hydrogen-bond donors (Lipinski definition) is 1. The van der Waals surface area contributed by atoms with E-state index in [1.807, 2.05) is 33.8 Å². The summed E-state index contributed by atoms with van der Waals surface area (Å²) in [6.45, 7) is 14.5. The fraction of sp³-hybridized carbons (Fsp3) is 0.667. The van der Waals surface area contributed by atoms with E-state index in [4.69, 9.17) is 5.73 Å². The molecule has 0 unspecified atom stereocenters. The molecule has 122 valence electrons. The van der Waals surface area contributed by atoms with Crippen molar-refractivity contribution in [2.45, 2.75) is 66.3 Å². The molecule has 1 aliphatic heterocycles. The summed E-state index contributed by atoms with van der Waals surface area (Å²) in [7, 11) is 0. The summed E-state index contributed by atoms with van der Waals surface area (Å²) in [6, 6.07) is 5.67. The van der Waals surface area contributed by atoms with Gasteiger partial charge in [0.2, 0.25) is 0 Å². The van der Waals surface area contributed by atoms with Gasteiger partial charge >= 0.3 is 0 Å². The molecule has 2 rings (SSSR count). The van der Waals surface area contributed by atoms with Gasteiger partial charge in [0, 0.05) is 11.7 Å². The Morgan fingerprint density at radius 1 is 1.10 bits per heavy atom. The van der Waals surface area contributed by atoms with Crippen molar-refractivity contribution in [2.24, 2.45) is 0 Å². The number of nitrogens with two attached hydrogens (primary N) is 1. The lowest BCUT2D eigenvalue weighted by molar-refractivity contribution is 0.171. The van der Waals surface area contributed by atoms with E-state index in [0.717, 1.165) is 31.5 Å². The molecule has 0 atom stereocenters. The molecule has 0 amide bonds. The summed E-state index contributed by atoms with van der Waals surface area (Å²) in [5.74, 6) is 0.207. The van der Waals surface area contributed by atoms with Crippen LogP contribution >= 0.6 is 0 Å². The number of nitrogens with zero attached hydrogens (tertiary/aromatic N) is 1. The number of hydrogen-bond acceptors (Lipinski definition) is 2. The minimum absolute atomic E-state index is 0.145. The molecule has 1 fully saturated rings. The molecule has 0 aliphatic carbocycles. The first-order valence-electron chi connectivity index (χ1n) is 8.37. The normalized spacial score (nSPS) is 15.8. The Morgan fingerprint density at radius 3 is 2.05 bits per heavy atom. The zero-order chi connectivity index (χ0) is 16.4. The maximum atomic E-state index is 13.8. The van der Waals surface area contributed by atoms with E-state index >= 15 is 0 Å². The first-order valence-corrected chi connectivity index (χ1v) is 8.37. The van der Waals surface area contributed by atoms with Crippen LogP contribution in [-0.4, -0.2) is 24.0 Å². The molecule has 21 heavy (non-hydrogen) atoms. The van der Waals surface area contributed by atoms with E-state index in [-0.39, 0.29) is 5.82 Å². The van der Waals surface area contributed by atoms with E-state index in [1.165, 1.54) is 6.07 Å². The summed E-state index contributed by atoms with van der Waals surface area (Å²) < 4.78 is 13.8. The van der Waals surface area contributed by atoms with E-state index in [9.17, 15) is 4.39 Å². The predicted octanol–water partition coefficient (Wildman–Crippen LogP) is 5.05. The lowest BCUT2D eigenvalue weighted by Gasteiger charge is -2.34. The van der Waals surface area contributed by atoms with Gasteiger partial charge in [0.15, 0.2) is 0 Å². The highest BCUT2D eigenvalue weighted by Crippen LogP contribution is 2.31. The number of piperidine rings is 1. The predicted molar refractivity (Wildman–Crippen MR) is 92.2 cm³/mol. The Balaban J connectivity index is 0.000000921. The molecular formula is C18H33FN2. The smallest absolute Gasteiger partial charge is 0.128 e. The van der Waals surface area contributed by atoms with Gasteiger partial charge in [0.25, 0.3) is 0 Å². The number of benzene rings is 1. The Labute approximate surface area is 130 Å². The second kappa shape index (κ2) is 10.6. The molecule has 0 bridgehead atoms. The first kappa shape index (κ1) is 19.9. The fourth-order valence-corrected chi connectivity index (χ4v) is 2.60. The van der Waals surface area contributed by atoms with Crippen LogP contribution in [0.5, 0.6) is 0 Å². The molecule has 1 saturated heterocycles. The monoisotopic (exact) mass is 296 g/mol. The van der Waals surface area contributed by atoms with Crippen LogP contribution in [0.4, 0.5) is 10.1 Å². The van der Waals surface area contributed by atoms with E-state index in [1.54, 1.807) is 6.07 Å². The van der Waals surface area contributed by atoms with Crippen LogP contribution < -0.4 is 5.73 Å². The van der Waals surface area contributed by atoms with Crippen LogP contribution in [0.25, 0.3) is 0 Å². The molecule has 2 nitrogen and oxygen atoms in total. The van der Waals surface area contributed by atoms with Gasteiger partial charge in [-0.25, -0.2) is 4.39 Å². The van der Waals surface area contributed by atoms with Crippen molar-refractivity contribution < 1.29 is 4.39 Å². The van der Waals surface area contributed by atoms with Crippen molar-refractivity contribution in [3.63, 3.8) is 0 Å². The van der Waals surface area contributed by atoms with Gasteiger partial charge in [-0.2, -0.15) is 0 Å². The molecule has 0 saturated carbocycles. The summed E-state index contributed by atoms with van der Waals surface area (Å²) in [6.07, 6.45) is 2.08. The van der Waals surface area contributed by atoms with Crippen LogP contribution in [0, 0.1) is 5.82 Å². The largest absolute Gasteiger partial charge is 0.399 e. The van der Waals surface area contributed by atoms with Crippen molar-refractivity contribution >= 4 is 5.69 Å². The van der Waals surface area contributed by atoms with Gasteiger partial charge in [-0.1, -0.05) is 33.8 Å². The van der Waals surface area contributed by atoms with Gasteiger partial charge in [-0.3, -0.25) is 0 Å². The van der Waals surface area contributed by atoms with E-state index < -0.39 is 0 Å². The lowest BCUT2D eigenvalue weighted by atomic mass is 9.88. The van der Waals surface area contributed by atoms with Crippen LogP contribution in [-0.2, 0) is 0 Å². The van der Waals surface area contributed by atoms with Crippen molar-refractivity contribution in [1.29, 1.82) is 0 Å². The summed E-state index contributed by atoms with van der Waals surface area (Å²) in [5.41, 5.74) is 6.91. The van der Waals surface area contributed by atoms with Gasteiger partial charge in [-0.05, 0) is 63.4 Å². The van der Waals surface area contributed by atoms with Crippen LogP contribution in [0.3, 0.4) is 0 Å². The van der Waals surface area contributed by atoms with Crippen LogP contribution in [0.2, 0.25) is 0 Å². The average Bonchev–Trinajstić information content (AvgIpc) is 2.51. The SMILES string of the molecule is CC.CC.CC(C)N1CCC(c2ccc(N)cc2F)CC1. The lowest BCUT2D eigenvalue weighted by Crippen LogP contribution is -2.38. The minimum atomic E-state index is -0.145.